The number of amides is 1. The first kappa shape index (κ1) is 15.3. The number of rotatable bonds is 3. The molecule has 0 bridgehead atoms. The van der Waals surface area contributed by atoms with Crippen LogP contribution in [0.1, 0.15) is 12.8 Å². The quantitative estimate of drug-likeness (QED) is 0.917. The van der Waals surface area contributed by atoms with Gasteiger partial charge in [-0.25, -0.2) is 0 Å². The number of carbonyl (C=O) groups is 1. The summed E-state index contributed by atoms with van der Waals surface area (Å²) in [6.45, 7) is 3.85. The molecule has 0 saturated carbocycles. The maximum atomic E-state index is 12.6. The van der Waals surface area contributed by atoms with Gasteiger partial charge in [0.1, 0.15) is 6.10 Å². The summed E-state index contributed by atoms with van der Waals surface area (Å²) < 4.78 is 5.66. The molecule has 5 heteroatoms. The van der Waals surface area contributed by atoms with Gasteiger partial charge < -0.3 is 19.9 Å². The largest absolute Gasteiger partial charge is 0.381 e. The Morgan fingerprint density at radius 2 is 2.05 bits per heavy atom. The third-order valence-electron chi connectivity index (χ3n) is 4.42. The lowest BCUT2D eigenvalue weighted by atomic mass is 10.0. The highest BCUT2D eigenvalue weighted by molar-refractivity contribution is 5.81. The average molecular weight is 303 g/mol. The molecule has 0 aliphatic carbocycles. The summed E-state index contributed by atoms with van der Waals surface area (Å²) in [6.07, 6.45) is 1.84. The normalized spacial score (nSPS) is 26.7. The van der Waals surface area contributed by atoms with Crippen molar-refractivity contribution >= 4 is 11.6 Å². The summed E-state index contributed by atoms with van der Waals surface area (Å²) in [4.78, 5) is 16.8. The summed E-state index contributed by atoms with van der Waals surface area (Å²) in [5.74, 6) is 0.145. The molecule has 2 atom stereocenters. The number of nitrogens with zero attached hydrogens (tertiary/aromatic N) is 2. The Kier molecular flexibility index (Phi) is 4.95. The van der Waals surface area contributed by atoms with E-state index in [1.165, 1.54) is 0 Å². The van der Waals surface area contributed by atoms with Crippen molar-refractivity contribution in [1.82, 2.24) is 9.80 Å². The van der Waals surface area contributed by atoms with Crippen LogP contribution >= 0.6 is 0 Å². The van der Waals surface area contributed by atoms with Gasteiger partial charge in [-0.3, -0.25) is 4.79 Å². The average Bonchev–Trinajstić information content (AvgIpc) is 2.55. The maximum Gasteiger partial charge on any atom is 0.253 e. The van der Waals surface area contributed by atoms with Crippen molar-refractivity contribution in [2.45, 2.75) is 25.0 Å². The zero-order chi connectivity index (χ0) is 15.4. The first-order valence-corrected chi connectivity index (χ1v) is 8.13. The van der Waals surface area contributed by atoms with Crippen molar-refractivity contribution in [1.29, 1.82) is 0 Å². The Labute approximate surface area is 132 Å². The van der Waals surface area contributed by atoms with Gasteiger partial charge in [-0.15, -0.1) is 0 Å². The molecule has 2 aliphatic rings. The molecule has 0 radical (unpaired) electrons. The third kappa shape index (κ3) is 3.78. The fourth-order valence-electron chi connectivity index (χ4n) is 3.20. The van der Waals surface area contributed by atoms with Crippen molar-refractivity contribution in [2.24, 2.45) is 0 Å². The number of nitrogens with one attached hydrogen (secondary N) is 1. The van der Waals surface area contributed by atoms with Crippen LogP contribution in [-0.4, -0.2) is 67.7 Å². The number of hydrogen-bond donors (Lipinski definition) is 1. The topological polar surface area (TPSA) is 44.8 Å². The van der Waals surface area contributed by atoms with Crippen LogP contribution in [0, 0.1) is 0 Å². The second-order valence-electron chi connectivity index (χ2n) is 6.26. The zero-order valence-electron chi connectivity index (χ0n) is 13.2. The molecule has 3 rings (SSSR count). The number of likely N-dealkylation sites (tertiary alicyclic amines) is 1. The molecule has 2 unspecified atom stereocenters. The number of anilines is 1. The van der Waals surface area contributed by atoms with Gasteiger partial charge in [0.15, 0.2) is 0 Å². The summed E-state index contributed by atoms with van der Waals surface area (Å²) >= 11 is 0. The van der Waals surface area contributed by atoms with Gasteiger partial charge in [0.05, 0.1) is 6.61 Å². The van der Waals surface area contributed by atoms with E-state index in [-0.39, 0.29) is 12.0 Å². The first-order valence-electron chi connectivity index (χ1n) is 8.13. The maximum absolute atomic E-state index is 12.6. The van der Waals surface area contributed by atoms with Gasteiger partial charge in [0.2, 0.25) is 0 Å². The van der Waals surface area contributed by atoms with Crippen molar-refractivity contribution in [2.75, 3.05) is 45.2 Å². The Balaban J connectivity index is 1.57. The van der Waals surface area contributed by atoms with Gasteiger partial charge in [-0.1, -0.05) is 18.2 Å². The number of carbonyl (C=O) groups excluding carboxylic acids is 1. The van der Waals surface area contributed by atoms with Gasteiger partial charge in [0, 0.05) is 37.9 Å². The molecule has 1 amide bonds. The number of para-hydroxylation sites is 1. The van der Waals surface area contributed by atoms with Crippen molar-refractivity contribution in [3.8, 4) is 0 Å². The summed E-state index contributed by atoms with van der Waals surface area (Å²) in [6, 6.07) is 10.5. The van der Waals surface area contributed by atoms with Crippen LogP contribution in [0.15, 0.2) is 30.3 Å². The lowest BCUT2D eigenvalue weighted by Crippen LogP contribution is -2.53. The van der Waals surface area contributed by atoms with Crippen molar-refractivity contribution < 1.29 is 9.53 Å². The molecule has 2 saturated heterocycles. The molecule has 22 heavy (non-hydrogen) atoms. The summed E-state index contributed by atoms with van der Waals surface area (Å²) in [7, 11) is 2.04. The fraction of sp³-hybridized carbons (Fsp3) is 0.588. The number of morpholine rings is 1. The van der Waals surface area contributed by atoms with Crippen molar-refractivity contribution in [3.05, 3.63) is 30.3 Å². The minimum Gasteiger partial charge on any atom is -0.381 e. The van der Waals surface area contributed by atoms with Crippen LogP contribution < -0.4 is 5.32 Å². The van der Waals surface area contributed by atoms with Crippen LogP contribution in [0.5, 0.6) is 0 Å². The van der Waals surface area contributed by atoms with E-state index in [0.29, 0.717) is 19.2 Å². The van der Waals surface area contributed by atoms with E-state index < -0.39 is 0 Å². The lowest BCUT2D eigenvalue weighted by molar-refractivity contribution is -0.149. The summed E-state index contributed by atoms with van der Waals surface area (Å²) in [5, 5.41) is 3.53. The standard InChI is InChI=1S/C17H25N3O2/c1-19-10-11-22-16(13-19)17(21)20-9-5-8-15(12-20)18-14-6-3-2-4-7-14/h2-4,6-7,15-16,18H,5,8-13H2,1H3. The lowest BCUT2D eigenvalue weighted by Gasteiger charge is -2.37. The molecule has 1 aromatic rings. The molecule has 1 N–H and O–H groups in total. The van der Waals surface area contributed by atoms with E-state index in [1.807, 2.05) is 30.1 Å². The third-order valence-corrected chi connectivity index (χ3v) is 4.42. The molecule has 120 valence electrons. The van der Waals surface area contributed by atoms with E-state index in [0.717, 1.165) is 38.2 Å². The molecule has 2 fully saturated rings. The van der Waals surface area contributed by atoms with E-state index in [2.05, 4.69) is 22.3 Å². The highest BCUT2D eigenvalue weighted by atomic mass is 16.5. The first-order chi connectivity index (χ1) is 10.7. The highest BCUT2D eigenvalue weighted by Crippen LogP contribution is 2.18. The molecule has 2 aliphatic heterocycles. The number of benzene rings is 1. The highest BCUT2D eigenvalue weighted by Gasteiger charge is 2.31. The Hall–Kier alpha value is -1.59. The number of hydrogen-bond acceptors (Lipinski definition) is 4. The minimum absolute atomic E-state index is 0.145. The predicted molar refractivity (Wildman–Crippen MR) is 86.9 cm³/mol. The minimum atomic E-state index is -0.297. The Morgan fingerprint density at radius 1 is 1.23 bits per heavy atom. The Bertz CT molecular complexity index is 494. The van der Waals surface area contributed by atoms with Crippen LogP contribution in [0.25, 0.3) is 0 Å². The number of ether oxygens (including phenoxy) is 1. The van der Waals surface area contributed by atoms with Gasteiger partial charge in [-0.2, -0.15) is 0 Å². The van der Waals surface area contributed by atoms with Gasteiger partial charge >= 0.3 is 0 Å². The van der Waals surface area contributed by atoms with Crippen LogP contribution in [-0.2, 0) is 9.53 Å². The van der Waals surface area contributed by atoms with E-state index in [9.17, 15) is 4.79 Å². The SMILES string of the molecule is CN1CCOC(C(=O)N2CCCC(Nc3ccccc3)C2)C1. The second kappa shape index (κ2) is 7.11. The molecule has 0 aromatic heterocycles. The van der Waals surface area contributed by atoms with E-state index >= 15 is 0 Å². The van der Waals surface area contributed by atoms with E-state index in [4.69, 9.17) is 4.74 Å². The molecule has 2 heterocycles. The summed E-state index contributed by atoms with van der Waals surface area (Å²) in [5.41, 5.74) is 1.12. The van der Waals surface area contributed by atoms with Gasteiger partial charge in [-0.05, 0) is 32.0 Å². The predicted octanol–water partition coefficient (Wildman–Crippen LogP) is 1.42. The molecule has 5 nitrogen and oxygen atoms in total. The van der Waals surface area contributed by atoms with Crippen LogP contribution in [0.3, 0.4) is 0 Å². The van der Waals surface area contributed by atoms with Crippen molar-refractivity contribution in [3.63, 3.8) is 0 Å². The molecular weight excluding hydrogens is 278 g/mol. The molecule has 1 aromatic carbocycles. The second-order valence-corrected chi connectivity index (χ2v) is 6.26. The number of piperidine rings is 1. The number of likely N-dealkylation sites (N-methyl/N-ethyl adjacent to an activating group) is 1. The van der Waals surface area contributed by atoms with Crippen LogP contribution in [0.2, 0.25) is 0 Å². The van der Waals surface area contributed by atoms with Crippen LogP contribution in [0.4, 0.5) is 5.69 Å². The fourth-order valence-corrected chi connectivity index (χ4v) is 3.20. The molecular formula is C17H25N3O2. The Morgan fingerprint density at radius 3 is 2.82 bits per heavy atom. The monoisotopic (exact) mass is 303 g/mol. The zero-order valence-corrected chi connectivity index (χ0v) is 13.2. The van der Waals surface area contributed by atoms with E-state index in [1.54, 1.807) is 0 Å². The molecule has 0 spiro atoms. The smallest absolute Gasteiger partial charge is 0.253 e. The van der Waals surface area contributed by atoms with Gasteiger partial charge in [0.25, 0.3) is 5.91 Å².